The Bertz CT molecular complexity index is 1710. The fourth-order valence-corrected chi connectivity index (χ4v) is 5.71. The van der Waals surface area contributed by atoms with Gasteiger partial charge in [-0.25, -0.2) is 9.79 Å². The molecule has 0 spiro atoms. The Kier molecular flexibility index (Phi) is 6.80. The van der Waals surface area contributed by atoms with Crippen LogP contribution in [-0.2, 0) is 9.53 Å². The van der Waals surface area contributed by atoms with Crippen molar-refractivity contribution in [2.75, 3.05) is 6.61 Å². The number of hydrogen-bond donors (Lipinski definition) is 0. The summed E-state index contributed by atoms with van der Waals surface area (Å²) in [6.07, 6.45) is 1.82. The molecule has 0 bridgehead atoms. The van der Waals surface area contributed by atoms with Crippen LogP contribution in [0.5, 0.6) is 5.75 Å². The molecule has 0 saturated carbocycles. The summed E-state index contributed by atoms with van der Waals surface area (Å²) in [5, 5.41) is 2.16. The molecule has 37 heavy (non-hydrogen) atoms. The molecule has 0 fully saturated rings. The summed E-state index contributed by atoms with van der Waals surface area (Å²) >= 11 is 1.32. The molecule has 3 aromatic carbocycles. The molecule has 5 rings (SSSR count). The first kappa shape index (κ1) is 24.7. The molecule has 1 atom stereocenters. The summed E-state index contributed by atoms with van der Waals surface area (Å²) in [5.74, 6) is 0.124. The van der Waals surface area contributed by atoms with Crippen LogP contribution in [0.4, 0.5) is 0 Å². The summed E-state index contributed by atoms with van der Waals surface area (Å²) in [4.78, 5) is 32.4. The van der Waals surface area contributed by atoms with Gasteiger partial charge in [-0.2, -0.15) is 0 Å². The first-order chi connectivity index (χ1) is 17.9. The van der Waals surface area contributed by atoms with Crippen molar-refractivity contribution in [1.29, 1.82) is 0 Å². The molecule has 0 amide bonds. The lowest BCUT2D eigenvalue weighted by atomic mass is 9.95. The second-order valence-corrected chi connectivity index (χ2v) is 10.1. The number of para-hydroxylation sites is 1. The molecule has 188 valence electrons. The van der Waals surface area contributed by atoms with Crippen molar-refractivity contribution in [1.82, 2.24) is 4.57 Å². The molecule has 0 N–H and O–H groups in total. The summed E-state index contributed by atoms with van der Waals surface area (Å²) in [6, 6.07) is 20.9. The Morgan fingerprint density at radius 2 is 1.81 bits per heavy atom. The molecular formula is C30H28N2O4S. The van der Waals surface area contributed by atoms with E-state index in [2.05, 4.69) is 17.1 Å². The molecule has 1 aliphatic heterocycles. The van der Waals surface area contributed by atoms with Gasteiger partial charge in [0.1, 0.15) is 11.8 Å². The van der Waals surface area contributed by atoms with Crippen LogP contribution in [0.15, 0.2) is 87.8 Å². The van der Waals surface area contributed by atoms with E-state index in [0.717, 1.165) is 16.3 Å². The largest absolute Gasteiger partial charge is 0.491 e. The maximum atomic E-state index is 14.0. The second-order valence-electron chi connectivity index (χ2n) is 9.08. The van der Waals surface area contributed by atoms with Crippen LogP contribution in [0, 0.1) is 0 Å². The van der Waals surface area contributed by atoms with Crippen molar-refractivity contribution >= 4 is 34.2 Å². The van der Waals surface area contributed by atoms with Crippen LogP contribution in [0.2, 0.25) is 0 Å². The third-order valence-corrected chi connectivity index (χ3v) is 7.19. The Hall–Kier alpha value is -3.97. The van der Waals surface area contributed by atoms with Crippen molar-refractivity contribution in [3.63, 3.8) is 0 Å². The highest BCUT2D eigenvalue weighted by Crippen LogP contribution is 2.36. The van der Waals surface area contributed by atoms with E-state index in [4.69, 9.17) is 9.47 Å². The molecule has 4 aromatic rings. The SMILES string of the molecule is CCOC(=O)C1=C(C)N=c2s/c(=C\c3cccc4ccccc34)c(=O)n2[C@H]1c1ccccc1OC(C)C. The van der Waals surface area contributed by atoms with E-state index in [0.29, 0.717) is 31.9 Å². The highest BCUT2D eigenvalue weighted by molar-refractivity contribution is 7.07. The Morgan fingerprint density at radius 3 is 2.59 bits per heavy atom. The minimum atomic E-state index is -0.722. The van der Waals surface area contributed by atoms with E-state index in [1.165, 1.54) is 11.3 Å². The Balaban J connectivity index is 1.77. The maximum Gasteiger partial charge on any atom is 0.338 e. The zero-order chi connectivity index (χ0) is 26.1. The van der Waals surface area contributed by atoms with Crippen LogP contribution < -0.4 is 19.6 Å². The quantitative estimate of drug-likeness (QED) is 0.350. The molecule has 1 aromatic heterocycles. The van der Waals surface area contributed by atoms with Crippen LogP contribution >= 0.6 is 11.3 Å². The van der Waals surface area contributed by atoms with Crippen LogP contribution in [0.3, 0.4) is 0 Å². The van der Waals surface area contributed by atoms with E-state index in [1.54, 1.807) is 18.4 Å². The van der Waals surface area contributed by atoms with Crippen molar-refractivity contribution in [3.8, 4) is 5.75 Å². The number of carbonyl (C=O) groups excluding carboxylic acids is 1. The van der Waals surface area contributed by atoms with Gasteiger partial charge in [-0.1, -0.05) is 72.0 Å². The number of ether oxygens (including phenoxy) is 2. The standard InChI is InChI=1S/C30H28N2O4S/c1-5-35-29(34)26-19(4)31-30-32(27(26)23-15-8-9-16-24(23)36-18(2)3)28(33)25(37-30)17-21-13-10-12-20-11-6-7-14-22(20)21/h6-18,27H,5H2,1-4H3/b25-17-/t27-/m0/s1. The lowest BCUT2D eigenvalue weighted by molar-refractivity contribution is -0.139. The number of rotatable bonds is 6. The van der Waals surface area contributed by atoms with Gasteiger partial charge < -0.3 is 9.47 Å². The normalized spacial score (nSPS) is 15.6. The van der Waals surface area contributed by atoms with Gasteiger partial charge in [-0.15, -0.1) is 0 Å². The summed E-state index contributed by atoms with van der Waals surface area (Å²) in [7, 11) is 0. The van der Waals surface area contributed by atoms with Crippen LogP contribution in [0.1, 0.15) is 44.9 Å². The van der Waals surface area contributed by atoms with Crippen LogP contribution in [-0.4, -0.2) is 23.2 Å². The zero-order valence-corrected chi connectivity index (χ0v) is 22.0. The number of nitrogens with zero attached hydrogens (tertiary/aromatic N) is 2. The van der Waals surface area contributed by atoms with Gasteiger partial charge in [0, 0.05) is 5.56 Å². The summed E-state index contributed by atoms with van der Waals surface area (Å²) < 4.78 is 13.7. The minimum Gasteiger partial charge on any atom is -0.491 e. The van der Waals surface area contributed by atoms with Crippen molar-refractivity contribution in [2.45, 2.75) is 39.8 Å². The molecule has 2 heterocycles. The third-order valence-electron chi connectivity index (χ3n) is 6.20. The van der Waals surface area contributed by atoms with Gasteiger partial charge in [0.05, 0.1) is 28.5 Å². The molecule has 0 saturated heterocycles. The average molecular weight is 513 g/mol. The number of thiazole rings is 1. The van der Waals surface area contributed by atoms with E-state index in [-0.39, 0.29) is 18.3 Å². The number of hydrogen-bond acceptors (Lipinski definition) is 6. The first-order valence-electron chi connectivity index (χ1n) is 12.3. The molecule has 7 heteroatoms. The van der Waals surface area contributed by atoms with E-state index < -0.39 is 12.0 Å². The fourth-order valence-electron chi connectivity index (χ4n) is 4.67. The summed E-state index contributed by atoms with van der Waals surface area (Å²) in [5.41, 5.74) is 2.32. The number of carbonyl (C=O) groups is 1. The van der Waals surface area contributed by atoms with Crippen molar-refractivity contribution in [2.24, 2.45) is 4.99 Å². The number of benzene rings is 3. The number of aromatic nitrogens is 1. The number of esters is 1. The monoisotopic (exact) mass is 512 g/mol. The van der Waals surface area contributed by atoms with Gasteiger partial charge in [0.2, 0.25) is 0 Å². The fraction of sp³-hybridized carbons (Fsp3) is 0.233. The third kappa shape index (κ3) is 4.62. The molecule has 1 aliphatic rings. The number of fused-ring (bicyclic) bond motifs is 2. The predicted molar refractivity (Wildman–Crippen MR) is 147 cm³/mol. The first-order valence-corrected chi connectivity index (χ1v) is 13.1. The van der Waals surface area contributed by atoms with Crippen molar-refractivity contribution < 1.29 is 14.3 Å². The van der Waals surface area contributed by atoms with Gasteiger partial charge >= 0.3 is 5.97 Å². The smallest absolute Gasteiger partial charge is 0.338 e. The Labute approximate surface area is 218 Å². The van der Waals surface area contributed by atoms with Crippen LogP contribution in [0.25, 0.3) is 16.8 Å². The highest BCUT2D eigenvalue weighted by Gasteiger charge is 2.35. The van der Waals surface area contributed by atoms with Crippen molar-refractivity contribution in [3.05, 3.63) is 109 Å². The Morgan fingerprint density at radius 1 is 1.08 bits per heavy atom. The predicted octanol–water partition coefficient (Wildman–Crippen LogP) is 4.74. The summed E-state index contributed by atoms with van der Waals surface area (Å²) in [6.45, 7) is 7.66. The van der Waals surface area contributed by atoms with Gasteiger partial charge in [-0.3, -0.25) is 9.36 Å². The van der Waals surface area contributed by atoms with E-state index in [9.17, 15) is 9.59 Å². The van der Waals surface area contributed by atoms with Gasteiger partial charge in [0.15, 0.2) is 4.80 Å². The van der Waals surface area contributed by atoms with E-state index in [1.807, 2.05) is 74.5 Å². The molecular weight excluding hydrogens is 484 g/mol. The number of allylic oxidation sites excluding steroid dienone is 1. The average Bonchev–Trinajstić information content (AvgIpc) is 3.18. The van der Waals surface area contributed by atoms with Gasteiger partial charge in [0.25, 0.3) is 5.56 Å². The van der Waals surface area contributed by atoms with Gasteiger partial charge in [-0.05, 0) is 56.2 Å². The maximum absolute atomic E-state index is 14.0. The molecule has 0 aliphatic carbocycles. The molecule has 0 radical (unpaired) electrons. The lowest BCUT2D eigenvalue weighted by Gasteiger charge is -2.26. The van der Waals surface area contributed by atoms with E-state index >= 15 is 0 Å². The second kappa shape index (κ2) is 10.2. The zero-order valence-electron chi connectivity index (χ0n) is 21.2. The minimum absolute atomic E-state index is 0.0838. The molecule has 6 nitrogen and oxygen atoms in total. The topological polar surface area (TPSA) is 69.9 Å². The molecule has 0 unspecified atom stereocenters. The highest BCUT2D eigenvalue weighted by atomic mass is 32.1. The lowest BCUT2D eigenvalue weighted by Crippen LogP contribution is -2.40.